The molecule has 1 atom stereocenters. The van der Waals surface area contributed by atoms with Crippen LogP contribution in [0.25, 0.3) is 0 Å². The maximum Gasteiger partial charge on any atom is 0.265 e. The molecule has 2 rings (SSSR count). The number of benzene rings is 2. The number of amides is 1. The fourth-order valence-electron chi connectivity index (χ4n) is 1.92. The fourth-order valence-corrected chi connectivity index (χ4v) is 2.55. The van der Waals surface area contributed by atoms with Crippen molar-refractivity contribution in [2.75, 3.05) is 5.32 Å². The van der Waals surface area contributed by atoms with Crippen molar-refractivity contribution in [3.63, 3.8) is 0 Å². The second-order valence-corrected chi connectivity index (χ2v) is 7.20. The maximum atomic E-state index is 12.1. The van der Waals surface area contributed by atoms with Gasteiger partial charge < -0.3 is 10.1 Å². The summed E-state index contributed by atoms with van der Waals surface area (Å²) in [4.78, 5) is 12.1. The number of rotatable bonds is 5. The topological polar surface area (TPSA) is 98.5 Å². The molecule has 0 aromatic heterocycles. The van der Waals surface area contributed by atoms with Crippen LogP contribution in [0.15, 0.2) is 47.4 Å². The summed E-state index contributed by atoms with van der Waals surface area (Å²) in [6, 6.07) is 10.7. The minimum atomic E-state index is -3.76. The van der Waals surface area contributed by atoms with Crippen molar-refractivity contribution in [1.29, 1.82) is 0 Å². The predicted octanol–water partition coefficient (Wildman–Crippen LogP) is 2.70. The second-order valence-electron chi connectivity index (χ2n) is 5.23. The zero-order chi connectivity index (χ0) is 17.9. The highest BCUT2D eigenvalue weighted by atomic mass is 35.5. The Hall–Kier alpha value is -2.09. The molecule has 0 fully saturated rings. The van der Waals surface area contributed by atoms with Crippen molar-refractivity contribution in [3.05, 3.63) is 53.1 Å². The van der Waals surface area contributed by atoms with Crippen molar-refractivity contribution >= 4 is 33.2 Å². The first-order chi connectivity index (χ1) is 11.2. The molecular weight excluding hydrogens is 352 g/mol. The molecule has 0 heterocycles. The summed E-state index contributed by atoms with van der Waals surface area (Å²) < 4.78 is 28.0. The van der Waals surface area contributed by atoms with E-state index in [4.69, 9.17) is 21.5 Å². The molecule has 0 radical (unpaired) electrons. The molecule has 2 aromatic carbocycles. The lowest BCUT2D eigenvalue weighted by Crippen LogP contribution is -2.30. The highest BCUT2D eigenvalue weighted by molar-refractivity contribution is 7.89. The molecule has 128 valence electrons. The van der Waals surface area contributed by atoms with Crippen LogP contribution in [0.2, 0.25) is 5.02 Å². The first-order valence-corrected chi connectivity index (χ1v) is 8.96. The van der Waals surface area contributed by atoms with E-state index in [9.17, 15) is 13.2 Å². The van der Waals surface area contributed by atoms with E-state index in [1.54, 1.807) is 25.1 Å². The number of nitrogens with one attached hydrogen (secondary N) is 1. The van der Waals surface area contributed by atoms with Crippen molar-refractivity contribution in [2.24, 2.45) is 5.14 Å². The van der Waals surface area contributed by atoms with Crippen molar-refractivity contribution < 1.29 is 17.9 Å². The lowest BCUT2D eigenvalue weighted by atomic mass is 10.2. The Morgan fingerprint density at radius 3 is 2.38 bits per heavy atom. The van der Waals surface area contributed by atoms with Crippen LogP contribution in [0.5, 0.6) is 5.75 Å². The van der Waals surface area contributed by atoms with Gasteiger partial charge in [0.25, 0.3) is 5.91 Å². The first-order valence-electron chi connectivity index (χ1n) is 7.03. The van der Waals surface area contributed by atoms with Gasteiger partial charge in [-0.25, -0.2) is 13.6 Å². The van der Waals surface area contributed by atoms with Crippen LogP contribution >= 0.6 is 11.6 Å². The van der Waals surface area contributed by atoms with Gasteiger partial charge >= 0.3 is 0 Å². The number of sulfonamides is 1. The SMILES string of the molecule is Cc1cc(O[C@H](C)C(=O)Nc2ccc(S(N)(=O)=O)cc2)ccc1Cl. The number of primary sulfonamides is 1. The normalized spacial score (nSPS) is 12.5. The van der Waals surface area contributed by atoms with Crippen LogP contribution in [0.3, 0.4) is 0 Å². The van der Waals surface area contributed by atoms with Crippen LogP contribution in [-0.4, -0.2) is 20.4 Å². The molecule has 0 unspecified atom stereocenters. The van der Waals surface area contributed by atoms with Crippen LogP contribution in [0.1, 0.15) is 12.5 Å². The van der Waals surface area contributed by atoms with Crippen LogP contribution in [0.4, 0.5) is 5.69 Å². The van der Waals surface area contributed by atoms with Gasteiger partial charge in [-0.3, -0.25) is 4.79 Å². The lowest BCUT2D eigenvalue weighted by molar-refractivity contribution is -0.122. The number of aryl methyl sites for hydroxylation is 1. The second kappa shape index (κ2) is 7.21. The average molecular weight is 369 g/mol. The van der Waals surface area contributed by atoms with E-state index in [0.717, 1.165) is 5.56 Å². The molecule has 0 aliphatic carbocycles. The lowest BCUT2D eigenvalue weighted by Gasteiger charge is -2.15. The smallest absolute Gasteiger partial charge is 0.265 e. The Labute approximate surface area is 145 Å². The number of halogens is 1. The molecule has 6 nitrogen and oxygen atoms in total. The van der Waals surface area contributed by atoms with E-state index < -0.39 is 16.1 Å². The Kier molecular flexibility index (Phi) is 5.48. The molecule has 0 aliphatic heterocycles. The number of nitrogens with two attached hydrogens (primary N) is 1. The molecule has 2 aromatic rings. The largest absolute Gasteiger partial charge is 0.481 e. The van der Waals surface area contributed by atoms with Gasteiger partial charge in [0.15, 0.2) is 6.10 Å². The summed E-state index contributed by atoms with van der Waals surface area (Å²) in [5.74, 6) is 0.162. The highest BCUT2D eigenvalue weighted by Crippen LogP contribution is 2.22. The van der Waals surface area contributed by atoms with E-state index in [-0.39, 0.29) is 10.8 Å². The summed E-state index contributed by atoms with van der Waals surface area (Å²) in [6.07, 6.45) is -0.747. The zero-order valence-electron chi connectivity index (χ0n) is 13.1. The van der Waals surface area contributed by atoms with E-state index in [1.807, 2.05) is 6.92 Å². The van der Waals surface area contributed by atoms with Gasteiger partial charge in [-0.15, -0.1) is 0 Å². The number of anilines is 1. The summed E-state index contributed by atoms with van der Waals surface area (Å²) >= 11 is 5.95. The molecule has 0 bridgehead atoms. The van der Waals surface area contributed by atoms with E-state index in [0.29, 0.717) is 16.5 Å². The van der Waals surface area contributed by atoms with Crippen LogP contribution < -0.4 is 15.2 Å². The maximum absolute atomic E-state index is 12.1. The number of hydrogen-bond donors (Lipinski definition) is 2. The molecule has 1 amide bonds. The van der Waals surface area contributed by atoms with Gasteiger partial charge in [-0.1, -0.05) is 11.6 Å². The molecular formula is C16H17ClN2O4S. The summed E-state index contributed by atoms with van der Waals surface area (Å²) in [5.41, 5.74) is 1.29. The third-order valence-electron chi connectivity index (χ3n) is 3.26. The molecule has 24 heavy (non-hydrogen) atoms. The first kappa shape index (κ1) is 18.3. The number of carbonyl (C=O) groups is 1. The van der Waals surface area contributed by atoms with E-state index in [1.165, 1.54) is 24.3 Å². The van der Waals surface area contributed by atoms with Crippen molar-refractivity contribution in [2.45, 2.75) is 24.8 Å². The van der Waals surface area contributed by atoms with E-state index in [2.05, 4.69) is 5.32 Å². The molecule has 0 saturated heterocycles. The van der Waals surface area contributed by atoms with E-state index >= 15 is 0 Å². The van der Waals surface area contributed by atoms with Gasteiger partial charge in [0, 0.05) is 10.7 Å². The van der Waals surface area contributed by atoms with Gasteiger partial charge in [-0.05, 0) is 61.9 Å². The number of ether oxygens (including phenoxy) is 1. The van der Waals surface area contributed by atoms with Gasteiger partial charge in [0.05, 0.1) is 4.90 Å². The number of hydrogen-bond acceptors (Lipinski definition) is 4. The summed E-state index contributed by atoms with van der Waals surface area (Å²) in [7, 11) is -3.76. The summed E-state index contributed by atoms with van der Waals surface area (Å²) in [5, 5.41) is 8.28. The Bertz CT molecular complexity index is 851. The van der Waals surface area contributed by atoms with Crippen molar-refractivity contribution in [3.8, 4) is 5.75 Å². The molecule has 0 spiro atoms. The minimum absolute atomic E-state index is 0.0264. The third kappa shape index (κ3) is 4.70. The zero-order valence-corrected chi connectivity index (χ0v) is 14.7. The highest BCUT2D eigenvalue weighted by Gasteiger charge is 2.16. The van der Waals surface area contributed by atoms with Crippen molar-refractivity contribution in [1.82, 2.24) is 0 Å². The van der Waals surface area contributed by atoms with Gasteiger partial charge in [-0.2, -0.15) is 0 Å². The molecule has 8 heteroatoms. The third-order valence-corrected chi connectivity index (χ3v) is 4.62. The quantitative estimate of drug-likeness (QED) is 0.847. The summed E-state index contributed by atoms with van der Waals surface area (Å²) in [6.45, 7) is 3.45. The standard InChI is InChI=1S/C16H17ClN2O4S/c1-10-9-13(5-8-15(10)17)23-11(2)16(20)19-12-3-6-14(7-4-12)24(18,21)22/h3-9,11H,1-2H3,(H,19,20)(H2,18,21,22)/t11-/m1/s1. The minimum Gasteiger partial charge on any atom is -0.481 e. The Morgan fingerprint density at radius 1 is 1.21 bits per heavy atom. The molecule has 3 N–H and O–H groups in total. The van der Waals surface area contributed by atoms with Crippen LogP contribution in [-0.2, 0) is 14.8 Å². The van der Waals surface area contributed by atoms with Crippen LogP contribution in [0, 0.1) is 6.92 Å². The monoisotopic (exact) mass is 368 g/mol. The fraction of sp³-hybridized carbons (Fsp3) is 0.188. The van der Waals surface area contributed by atoms with Gasteiger partial charge in [0.2, 0.25) is 10.0 Å². The number of carbonyl (C=O) groups excluding carboxylic acids is 1. The average Bonchev–Trinajstić information content (AvgIpc) is 2.50. The Balaban J connectivity index is 2.02. The van der Waals surface area contributed by atoms with Gasteiger partial charge in [0.1, 0.15) is 5.75 Å². The Morgan fingerprint density at radius 2 is 1.83 bits per heavy atom. The predicted molar refractivity (Wildman–Crippen MR) is 92.7 cm³/mol. The molecule has 0 saturated carbocycles. The molecule has 0 aliphatic rings.